The molecule has 4 nitrogen and oxygen atoms in total. The van der Waals surface area contributed by atoms with Crippen molar-refractivity contribution in [2.75, 3.05) is 13.1 Å². The number of amides is 1. The molecule has 21 heavy (non-hydrogen) atoms. The summed E-state index contributed by atoms with van der Waals surface area (Å²) in [5.74, 6) is -1.30. The van der Waals surface area contributed by atoms with Crippen LogP contribution in [0.1, 0.15) is 49.5 Å². The third-order valence-corrected chi connectivity index (χ3v) is 4.02. The molecule has 1 aliphatic heterocycles. The van der Waals surface area contributed by atoms with Crippen molar-refractivity contribution in [3.8, 4) is 0 Å². The third-order valence-electron chi connectivity index (χ3n) is 4.02. The SMILES string of the molecule is CC(C)(C)c1ccccc1C(=O)N1CCC[C@H](C(=O)O)C1. The van der Waals surface area contributed by atoms with Crippen LogP contribution in [0.4, 0.5) is 0 Å². The number of rotatable bonds is 2. The van der Waals surface area contributed by atoms with E-state index in [2.05, 4.69) is 20.8 Å². The predicted octanol–water partition coefficient (Wildman–Crippen LogP) is 2.92. The monoisotopic (exact) mass is 289 g/mol. The van der Waals surface area contributed by atoms with Crippen LogP contribution >= 0.6 is 0 Å². The highest BCUT2D eigenvalue weighted by atomic mass is 16.4. The van der Waals surface area contributed by atoms with Gasteiger partial charge in [0, 0.05) is 18.7 Å². The van der Waals surface area contributed by atoms with Crippen LogP contribution in [0, 0.1) is 5.92 Å². The summed E-state index contributed by atoms with van der Waals surface area (Å²) >= 11 is 0. The summed E-state index contributed by atoms with van der Waals surface area (Å²) in [6.45, 7) is 7.19. The number of carbonyl (C=O) groups excluding carboxylic acids is 1. The zero-order valence-electron chi connectivity index (χ0n) is 12.9. The molecular formula is C17H23NO3. The summed E-state index contributed by atoms with van der Waals surface area (Å²) in [5, 5.41) is 9.15. The molecule has 1 heterocycles. The fraction of sp³-hybridized carbons (Fsp3) is 0.529. The molecule has 0 saturated carbocycles. The summed E-state index contributed by atoms with van der Waals surface area (Å²) in [5.41, 5.74) is 1.58. The van der Waals surface area contributed by atoms with Crippen LogP contribution < -0.4 is 0 Å². The van der Waals surface area contributed by atoms with E-state index in [1.807, 2.05) is 24.3 Å². The van der Waals surface area contributed by atoms with Gasteiger partial charge in [-0.2, -0.15) is 0 Å². The molecule has 0 bridgehead atoms. The van der Waals surface area contributed by atoms with Crippen molar-refractivity contribution in [3.63, 3.8) is 0 Å². The van der Waals surface area contributed by atoms with Crippen molar-refractivity contribution < 1.29 is 14.7 Å². The van der Waals surface area contributed by atoms with Crippen molar-refractivity contribution in [3.05, 3.63) is 35.4 Å². The van der Waals surface area contributed by atoms with Crippen LogP contribution in [0.15, 0.2) is 24.3 Å². The second kappa shape index (κ2) is 5.88. The molecule has 0 unspecified atom stereocenters. The van der Waals surface area contributed by atoms with E-state index in [9.17, 15) is 9.59 Å². The zero-order valence-corrected chi connectivity index (χ0v) is 12.9. The lowest BCUT2D eigenvalue weighted by molar-refractivity contribution is -0.143. The Kier molecular flexibility index (Phi) is 4.35. The standard InChI is InChI=1S/C17H23NO3/c1-17(2,3)14-9-5-4-8-13(14)15(19)18-10-6-7-12(11-18)16(20)21/h4-5,8-9,12H,6-7,10-11H2,1-3H3,(H,20,21)/t12-/m0/s1. The van der Waals surface area contributed by atoms with Gasteiger partial charge in [-0.3, -0.25) is 9.59 Å². The minimum absolute atomic E-state index is 0.0496. The van der Waals surface area contributed by atoms with E-state index in [0.29, 0.717) is 25.1 Å². The Labute approximate surface area is 125 Å². The molecule has 1 N–H and O–H groups in total. The maximum Gasteiger partial charge on any atom is 0.308 e. The number of aliphatic carboxylic acids is 1. The summed E-state index contributed by atoms with van der Waals surface area (Å²) in [4.78, 5) is 25.6. The minimum Gasteiger partial charge on any atom is -0.481 e. The molecule has 0 aliphatic carbocycles. The highest BCUT2D eigenvalue weighted by Gasteiger charge is 2.30. The largest absolute Gasteiger partial charge is 0.481 e. The first-order chi connectivity index (χ1) is 9.80. The zero-order chi connectivity index (χ0) is 15.6. The molecule has 2 rings (SSSR count). The van der Waals surface area contributed by atoms with Gasteiger partial charge in [0.1, 0.15) is 0 Å². The number of hydrogen-bond acceptors (Lipinski definition) is 2. The van der Waals surface area contributed by atoms with E-state index in [4.69, 9.17) is 5.11 Å². The maximum atomic E-state index is 12.8. The Balaban J connectivity index is 2.26. The summed E-state index contributed by atoms with van der Waals surface area (Å²) in [7, 11) is 0. The molecular weight excluding hydrogens is 266 g/mol. The molecule has 1 aliphatic rings. The van der Waals surface area contributed by atoms with Gasteiger partial charge >= 0.3 is 5.97 Å². The molecule has 0 radical (unpaired) electrons. The average molecular weight is 289 g/mol. The molecule has 1 saturated heterocycles. The molecule has 1 aromatic carbocycles. The number of benzene rings is 1. The lowest BCUT2D eigenvalue weighted by Crippen LogP contribution is -2.43. The summed E-state index contributed by atoms with van der Waals surface area (Å²) in [6, 6.07) is 7.62. The van der Waals surface area contributed by atoms with Crippen molar-refractivity contribution in [1.29, 1.82) is 0 Å². The fourth-order valence-electron chi connectivity index (χ4n) is 2.86. The molecule has 1 fully saturated rings. The molecule has 0 spiro atoms. The van der Waals surface area contributed by atoms with Crippen LogP contribution in [-0.2, 0) is 10.2 Å². The summed E-state index contributed by atoms with van der Waals surface area (Å²) in [6.07, 6.45) is 1.40. The molecule has 4 heteroatoms. The van der Waals surface area contributed by atoms with Gasteiger partial charge in [-0.25, -0.2) is 0 Å². The van der Waals surface area contributed by atoms with Gasteiger partial charge in [-0.1, -0.05) is 39.0 Å². The van der Waals surface area contributed by atoms with Gasteiger partial charge in [0.05, 0.1) is 5.92 Å². The average Bonchev–Trinajstić information content (AvgIpc) is 2.45. The quantitative estimate of drug-likeness (QED) is 0.910. The van der Waals surface area contributed by atoms with E-state index in [-0.39, 0.29) is 11.3 Å². The number of carboxylic acid groups (broad SMARTS) is 1. The molecule has 1 amide bonds. The van der Waals surface area contributed by atoms with Crippen LogP contribution in [0.25, 0.3) is 0 Å². The first kappa shape index (κ1) is 15.5. The van der Waals surface area contributed by atoms with Gasteiger partial charge in [0.15, 0.2) is 0 Å². The Morgan fingerprint density at radius 1 is 1.24 bits per heavy atom. The highest BCUT2D eigenvalue weighted by Crippen LogP contribution is 2.28. The Bertz CT molecular complexity index is 545. The van der Waals surface area contributed by atoms with E-state index < -0.39 is 11.9 Å². The fourth-order valence-corrected chi connectivity index (χ4v) is 2.86. The lowest BCUT2D eigenvalue weighted by atomic mass is 9.83. The van der Waals surface area contributed by atoms with Gasteiger partial charge in [0.25, 0.3) is 5.91 Å². The van der Waals surface area contributed by atoms with Crippen LogP contribution in [0.3, 0.4) is 0 Å². The van der Waals surface area contributed by atoms with Gasteiger partial charge in [-0.05, 0) is 29.9 Å². The Morgan fingerprint density at radius 2 is 1.90 bits per heavy atom. The first-order valence-electron chi connectivity index (χ1n) is 7.42. The number of hydrogen-bond donors (Lipinski definition) is 1. The number of carboxylic acids is 1. The molecule has 1 atom stereocenters. The lowest BCUT2D eigenvalue weighted by Gasteiger charge is -2.32. The number of piperidine rings is 1. The van der Waals surface area contributed by atoms with Gasteiger partial charge < -0.3 is 10.0 Å². The smallest absolute Gasteiger partial charge is 0.308 e. The van der Waals surface area contributed by atoms with Gasteiger partial charge in [0.2, 0.25) is 0 Å². The van der Waals surface area contributed by atoms with Crippen LogP contribution in [-0.4, -0.2) is 35.0 Å². The topological polar surface area (TPSA) is 57.6 Å². The first-order valence-corrected chi connectivity index (χ1v) is 7.42. The van der Waals surface area contributed by atoms with Crippen molar-refractivity contribution in [1.82, 2.24) is 4.90 Å². The van der Waals surface area contributed by atoms with E-state index >= 15 is 0 Å². The van der Waals surface area contributed by atoms with Crippen molar-refractivity contribution in [2.45, 2.75) is 39.0 Å². The summed E-state index contributed by atoms with van der Waals surface area (Å²) < 4.78 is 0. The molecule has 0 aromatic heterocycles. The van der Waals surface area contributed by atoms with E-state index in [1.54, 1.807) is 4.90 Å². The third kappa shape index (κ3) is 3.43. The number of likely N-dealkylation sites (tertiary alicyclic amines) is 1. The van der Waals surface area contributed by atoms with Crippen LogP contribution in [0.2, 0.25) is 0 Å². The van der Waals surface area contributed by atoms with E-state index in [1.165, 1.54) is 0 Å². The van der Waals surface area contributed by atoms with Gasteiger partial charge in [-0.15, -0.1) is 0 Å². The second-order valence-electron chi connectivity index (χ2n) is 6.72. The second-order valence-corrected chi connectivity index (χ2v) is 6.72. The van der Waals surface area contributed by atoms with Crippen LogP contribution in [0.5, 0.6) is 0 Å². The molecule has 1 aromatic rings. The van der Waals surface area contributed by atoms with E-state index in [0.717, 1.165) is 12.0 Å². The highest BCUT2D eigenvalue weighted by molar-refractivity contribution is 5.96. The van der Waals surface area contributed by atoms with Crippen molar-refractivity contribution in [2.24, 2.45) is 5.92 Å². The Hall–Kier alpha value is -1.84. The normalized spacial score (nSPS) is 19.4. The maximum absolute atomic E-state index is 12.8. The Morgan fingerprint density at radius 3 is 2.52 bits per heavy atom. The molecule has 114 valence electrons. The predicted molar refractivity (Wildman–Crippen MR) is 81.4 cm³/mol. The minimum atomic E-state index is -0.809. The van der Waals surface area contributed by atoms with Crippen molar-refractivity contribution >= 4 is 11.9 Å². The number of carbonyl (C=O) groups is 2. The number of nitrogens with zero attached hydrogens (tertiary/aromatic N) is 1.